The first-order chi connectivity index (χ1) is 10.8. The third kappa shape index (κ3) is 5.44. The number of aromatic nitrogens is 1. The zero-order chi connectivity index (χ0) is 15.2. The second kappa shape index (κ2) is 9.20. The van der Waals surface area contributed by atoms with E-state index < -0.39 is 0 Å². The van der Waals surface area contributed by atoms with Gasteiger partial charge in [-0.3, -0.25) is 0 Å². The van der Waals surface area contributed by atoms with E-state index in [1.807, 2.05) is 30.3 Å². The van der Waals surface area contributed by atoms with Gasteiger partial charge in [-0.15, -0.1) is 23.7 Å². The van der Waals surface area contributed by atoms with Gasteiger partial charge in [0.2, 0.25) is 0 Å². The monoisotopic (exact) mass is 355 g/mol. The first-order valence-electron chi connectivity index (χ1n) is 7.52. The smallest absolute Gasteiger partial charge is 0.140 e. The van der Waals surface area contributed by atoms with Crippen molar-refractivity contribution in [3.63, 3.8) is 0 Å². The predicted octanol–water partition coefficient (Wildman–Crippen LogP) is 1.81. The van der Waals surface area contributed by atoms with Crippen LogP contribution in [0, 0.1) is 5.92 Å². The summed E-state index contributed by atoms with van der Waals surface area (Å²) in [7, 11) is 0. The number of aliphatic hydroxyl groups excluding tert-OH is 1. The van der Waals surface area contributed by atoms with Crippen LogP contribution in [0.3, 0.4) is 0 Å². The highest BCUT2D eigenvalue weighted by Crippen LogP contribution is 2.15. The van der Waals surface area contributed by atoms with E-state index in [0.717, 1.165) is 36.1 Å². The van der Waals surface area contributed by atoms with E-state index in [2.05, 4.69) is 21.0 Å². The normalized spacial score (nSPS) is 20.2. The van der Waals surface area contributed by atoms with E-state index in [9.17, 15) is 5.11 Å². The maximum Gasteiger partial charge on any atom is 0.140 e. The van der Waals surface area contributed by atoms with Crippen molar-refractivity contribution in [2.24, 2.45) is 5.92 Å². The Morgan fingerprint density at radius 2 is 2.13 bits per heavy atom. The Morgan fingerprint density at radius 3 is 2.87 bits per heavy atom. The number of benzene rings is 1. The van der Waals surface area contributed by atoms with Gasteiger partial charge in [0, 0.05) is 37.5 Å². The Bertz CT molecular complexity index is 582. The summed E-state index contributed by atoms with van der Waals surface area (Å²) in [5.41, 5.74) is 1.03. The molecule has 1 fully saturated rings. The number of hydrogen-bond acceptors (Lipinski definition) is 6. The molecule has 23 heavy (non-hydrogen) atoms. The molecule has 1 aliphatic rings. The molecule has 3 N–H and O–H groups in total. The van der Waals surface area contributed by atoms with E-state index in [-0.39, 0.29) is 18.5 Å². The van der Waals surface area contributed by atoms with Crippen molar-refractivity contribution in [1.29, 1.82) is 0 Å². The minimum absolute atomic E-state index is 0. The fourth-order valence-electron chi connectivity index (χ4n) is 2.47. The fraction of sp³-hybridized carbons (Fsp3) is 0.438. The van der Waals surface area contributed by atoms with Crippen molar-refractivity contribution in [3.8, 4) is 5.75 Å². The molecule has 2 atom stereocenters. The van der Waals surface area contributed by atoms with E-state index >= 15 is 0 Å². The molecular weight excluding hydrogens is 334 g/mol. The summed E-state index contributed by atoms with van der Waals surface area (Å²) in [4.78, 5) is 4.56. The number of ether oxygens (including phenoxy) is 1. The van der Waals surface area contributed by atoms with E-state index in [4.69, 9.17) is 4.74 Å². The Balaban J connectivity index is 0.00000192. The molecule has 1 aliphatic heterocycles. The minimum atomic E-state index is -0.238. The van der Waals surface area contributed by atoms with Gasteiger partial charge in [0.05, 0.1) is 11.8 Å². The number of thiazole rings is 1. The Labute approximate surface area is 146 Å². The minimum Gasteiger partial charge on any atom is -0.486 e. The average Bonchev–Trinajstić information content (AvgIpc) is 3.16. The van der Waals surface area contributed by atoms with Gasteiger partial charge in [-0.25, -0.2) is 4.98 Å². The Hall–Kier alpha value is -1.18. The molecule has 2 unspecified atom stereocenters. The Morgan fingerprint density at radius 1 is 1.30 bits per heavy atom. The molecule has 5 nitrogen and oxygen atoms in total. The van der Waals surface area contributed by atoms with E-state index in [1.165, 1.54) is 0 Å². The second-order valence-corrected chi connectivity index (χ2v) is 6.39. The maximum absolute atomic E-state index is 9.74. The van der Waals surface area contributed by atoms with Crippen molar-refractivity contribution in [1.82, 2.24) is 15.6 Å². The lowest BCUT2D eigenvalue weighted by atomic mass is 10.1. The van der Waals surface area contributed by atoms with Gasteiger partial charge >= 0.3 is 0 Å². The number of nitrogens with zero attached hydrogens (tertiary/aromatic N) is 1. The van der Waals surface area contributed by atoms with Gasteiger partial charge < -0.3 is 20.5 Å². The number of nitrogens with one attached hydrogen (secondary N) is 2. The topological polar surface area (TPSA) is 66.4 Å². The largest absolute Gasteiger partial charge is 0.486 e. The number of halogens is 1. The third-order valence-corrected chi connectivity index (χ3v) is 4.59. The quantitative estimate of drug-likeness (QED) is 0.707. The molecule has 2 aromatic rings. The molecule has 0 radical (unpaired) electrons. The van der Waals surface area contributed by atoms with Crippen molar-refractivity contribution < 1.29 is 9.84 Å². The highest BCUT2D eigenvalue weighted by atomic mass is 35.5. The van der Waals surface area contributed by atoms with Crippen LogP contribution in [0.2, 0.25) is 0 Å². The van der Waals surface area contributed by atoms with Crippen molar-refractivity contribution >= 4 is 23.7 Å². The molecule has 0 bridgehead atoms. The molecule has 1 aromatic carbocycles. The molecular formula is C16H22ClN3O2S. The van der Waals surface area contributed by atoms with Crippen LogP contribution >= 0.6 is 23.7 Å². The van der Waals surface area contributed by atoms with Crippen molar-refractivity contribution in [3.05, 3.63) is 46.4 Å². The maximum atomic E-state index is 9.74. The fourth-order valence-corrected chi connectivity index (χ4v) is 3.18. The van der Waals surface area contributed by atoms with Gasteiger partial charge in [-0.1, -0.05) is 18.2 Å². The number of para-hydroxylation sites is 1. The first-order valence-corrected chi connectivity index (χ1v) is 8.40. The lowest BCUT2D eigenvalue weighted by Crippen LogP contribution is -2.30. The summed E-state index contributed by atoms with van der Waals surface area (Å²) in [6.45, 7) is 3.61. The van der Waals surface area contributed by atoms with Gasteiger partial charge in [0.1, 0.15) is 17.4 Å². The first kappa shape index (κ1) is 18.2. The summed E-state index contributed by atoms with van der Waals surface area (Å²) in [6.07, 6.45) is -0.238. The predicted molar refractivity (Wildman–Crippen MR) is 94.2 cm³/mol. The van der Waals surface area contributed by atoms with Gasteiger partial charge in [0.15, 0.2) is 0 Å². The zero-order valence-electron chi connectivity index (χ0n) is 12.8. The van der Waals surface area contributed by atoms with Crippen LogP contribution in [0.5, 0.6) is 5.75 Å². The summed E-state index contributed by atoms with van der Waals surface area (Å²) >= 11 is 1.61. The molecule has 7 heteroatoms. The van der Waals surface area contributed by atoms with Crippen LogP contribution in [-0.4, -0.2) is 35.8 Å². The van der Waals surface area contributed by atoms with Crippen LogP contribution in [-0.2, 0) is 13.2 Å². The van der Waals surface area contributed by atoms with Crippen molar-refractivity contribution in [2.75, 3.05) is 19.6 Å². The summed E-state index contributed by atoms with van der Waals surface area (Å²) in [6, 6.07) is 9.77. The van der Waals surface area contributed by atoms with Crippen LogP contribution in [0.25, 0.3) is 0 Å². The highest BCUT2D eigenvalue weighted by molar-refractivity contribution is 7.09. The van der Waals surface area contributed by atoms with Gasteiger partial charge in [-0.05, 0) is 12.1 Å². The average molecular weight is 356 g/mol. The molecule has 0 amide bonds. The summed E-state index contributed by atoms with van der Waals surface area (Å²) in [5.74, 6) is 1.15. The molecule has 126 valence electrons. The lowest BCUT2D eigenvalue weighted by Gasteiger charge is -2.13. The number of hydrogen-bond donors (Lipinski definition) is 3. The van der Waals surface area contributed by atoms with Crippen LogP contribution in [0.1, 0.15) is 10.7 Å². The zero-order valence-corrected chi connectivity index (χ0v) is 14.4. The van der Waals surface area contributed by atoms with Crippen molar-refractivity contribution in [2.45, 2.75) is 19.3 Å². The molecule has 0 aliphatic carbocycles. The van der Waals surface area contributed by atoms with Crippen LogP contribution in [0.4, 0.5) is 0 Å². The number of aliphatic hydroxyl groups is 1. The molecule has 0 spiro atoms. The molecule has 2 heterocycles. The van der Waals surface area contributed by atoms with Gasteiger partial charge in [-0.2, -0.15) is 0 Å². The summed E-state index contributed by atoms with van der Waals surface area (Å²) in [5, 5.41) is 19.3. The summed E-state index contributed by atoms with van der Waals surface area (Å²) < 4.78 is 5.69. The van der Waals surface area contributed by atoms with Crippen LogP contribution in [0.15, 0.2) is 35.7 Å². The van der Waals surface area contributed by atoms with Gasteiger partial charge in [0.25, 0.3) is 0 Å². The molecule has 1 saturated heterocycles. The third-order valence-electron chi connectivity index (χ3n) is 3.72. The van der Waals surface area contributed by atoms with E-state index in [0.29, 0.717) is 19.1 Å². The van der Waals surface area contributed by atoms with E-state index in [1.54, 1.807) is 11.3 Å². The number of rotatable bonds is 7. The SMILES string of the molecule is Cl.OC1CNCC1CNCc1csc(COc2ccccc2)n1. The molecule has 1 aromatic heterocycles. The Kier molecular flexibility index (Phi) is 7.26. The molecule has 0 saturated carbocycles. The number of β-amino-alcohol motifs (C(OH)–C–C–N with tert-alkyl or cyclic N) is 1. The standard InChI is InChI=1S/C16H21N3O2S.ClH/c20-15-9-18-7-12(15)6-17-8-13-11-22-16(19-13)10-21-14-4-2-1-3-5-14;/h1-5,11-12,15,17-18,20H,6-10H2;1H. The van der Waals surface area contributed by atoms with Crippen LogP contribution < -0.4 is 15.4 Å². The molecule has 3 rings (SSSR count). The second-order valence-electron chi connectivity index (χ2n) is 5.45. The lowest BCUT2D eigenvalue weighted by molar-refractivity contribution is 0.146. The highest BCUT2D eigenvalue weighted by Gasteiger charge is 2.24.